The highest BCUT2D eigenvalue weighted by molar-refractivity contribution is 5.71. The Morgan fingerprint density at radius 3 is 2.25 bits per heavy atom. The van der Waals surface area contributed by atoms with Crippen LogP contribution in [0.25, 0.3) is 11.4 Å². The highest BCUT2D eigenvalue weighted by Gasteiger charge is 2.13. The van der Waals surface area contributed by atoms with Crippen LogP contribution in [-0.4, -0.2) is 21.0 Å². The number of carboxylic acids is 1. The summed E-state index contributed by atoms with van der Waals surface area (Å²) in [5.74, 6) is -2.64. The fraction of sp³-hybridized carbons (Fsp3) is 0.214. The molecule has 6 heteroatoms. The first-order valence-corrected chi connectivity index (χ1v) is 5.90. The van der Waals surface area contributed by atoms with Gasteiger partial charge in [-0.3, -0.25) is 4.79 Å². The molecule has 0 aliphatic carbocycles. The Bertz CT molecular complexity index is 664. The zero-order chi connectivity index (χ0) is 14.9. The smallest absolute Gasteiger partial charge is 0.307 e. The standard InChI is InChI=1S/C14H12F2N2O2/c1-7-10(6-13(19)20)8(2)18-14(17-7)9-3-4-11(15)12(16)5-9/h3-5H,6H2,1-2H3,(H,19,20). The van der Waals surface area contributed by atoms with E-state index in [-0.39, 0.29) is 12.2 Å². The number of hydrogen-bond acceptors (Lipinski definition) is 3. The van der Waals surface area contributed by atoms with E-state index in [1.807, 2.05) is 0 Å². The Morgan fingerprint density at radius 2 is 1.75 bits per heavy atom. The maximum absolute atomic E-state index is 13.2. The summed E-state index contributed by atoms with van der Waals surface area (Å²) in [6, 6.07) is 3.40. The summed E-state index contributed by atoms with van der Waals surface area (Å²) in [6.45, 7) is 3.33. The average Bonchev–Trinajstić information content (AvgIpc) is 2.36. The van der Waals surface area contributed by atoms with Gasteiger partial charge < -0.3 is 5.11 Å². The van der Waals surface area contributed by atoms with Crippen LogP contribution in [0.15, 0.2) is 18.2 Å². The lowest BCUT2D eigenvalue weighted by Crippen LogP contribution is -2.08. The van der Waals surface area contributed by atoms with E-state index in [9.17, 15) is 13.6 Å². The Labute approximate surface area is 114 Å². The fourth-order valence-electron chi connectivity index (χ4n) is 1.91. The first-order valence-electron chi connectivity index (χ1n) is 5.90. The predicted octanol–water partition coefficient (Wildman–Crippen LogP) is 2.67. The zero-order valence-electron chi connectivity index (χ0n) is 10.9. The topological polar surface area (TPSA) is 63.1 Å². The van der Waals surface area contributed by atoms with Crippen molar-refractivity contribution in [1.82, 2.24) is 9.97 Å². The molecule has 2 rings (SSSR count). The number of hydrogen-bond donors (Lipinski definition) is 1. The minimum Gasteiger partial charge on any atom is -0.481 e. The predicted molar refractivity (Wildman–Crippen MR) is 68.2 cm³/mol. The van der Waals surface area contributed by atoms with Gasteiger partial charge in [-0.2, -0.15) is 0 Å². The van der Waals surface area contributed by atoms with E-state index in [2.05, 4.69) is 9.97 Å². The molecule has 0 spiro atoms. The van der Waals surface area contributed by atoms with Gasteiger partial charge in [0.05, 0.1) is 6.42 Å². The van der Waals surface area contributed by atoms with Crippen LogP contribution in [0.1, 0.15) is 17.0 Å². The molecule has 20 heavy (non-hydrogen) atoms. The lowest BCUT2D eigenvalue weighted by atomic mass is 10.1. The minimum absolute atomic E-state index is 0.171. The Hall–Kier alpha value is -2.37. The van der Waals surface area contributed by atoms with Gasteiger partial charge in [-0.05, 0) is 32.0 Å². The molecule has 0 aliphatic rings. The normalized spacial score (nSPS) is 10.6. The maximum Gasteiger partial charge on any atom is 0.307 e. The number of nitrogens with zero attached hydrogens (tertiary/aromatic N) is 2. The maximum atomic E-state index is 13.2. The molecule has 0 saturated carbocycles. The molecule has 1 aromatic heterocycles. The molecule has 0 unspecified atom stereocenters. The fourth-order valence-corrected chi connectivity index (χ4v) is 1.91. The van der Waals surface area contributed by atoms with Crippen LogP contribution in [0.4, 0.5) is 8.78 Å². The van der Waals surface area contributed by atoms with E-state index in [0.717, 1.165) is 12.1 Å². The Balaban J connectivity index is 2.48. The van der Waals surface area contributed by atoms with Crippen molar-refractivity contribution in [3.63, 3.8) is 0 Å². The van der Waals surface area contributed by atoms with Crippen molar-refractivity contribution in [3.05, 3.63) is 46.8 Å². The van der Waals surface area contributed by atoms with Gasteiger partial charge in [-0.1, -0.05) is 0 Å². The van der Waals surface area contributed by atoms with Crippen LogP contribution in [0.2, 0.25) is 0 Å². The van der Waals surface area contributed by atoms with Crippen molar-refractivity contribution >= 4 is 5.97 Å². The molecule has 0 bridgehead atoms. The number of aliphatic carboxylic acids is 1. The van der Waals surface area contributed by atoms with Crippen LogP contribution in [0.3, 0.4) is 0 Å². The van der Waals surface area contributed by atoms with Gasteiger partial charge in [-0.25, -0.2) is 18.7 Å². The summed E-state index contributed by atoms with van der Waals surface area (Å²) < 4.78 is 26.1. The van der Waals surface area contributed by atoms with Crippen molar-refractivity contribution in [1.29, 1.82) is 0 Å². The van der Waals surface area contributed by atoms with Gasteiger partial charge in [0.25, 0.3) is 0 Å². The third-order valence-electron chi connectivity index (χ3n) is 2.93. The molecule has 1 N–H and O–H groups in total. The number of rotatable bonds is 3. The summed E-state index contributed by atoms with van der Waals surface area (Å²) in [7, 11) is 0. The molecule has 1 heterocycles. The summed E-state index contributed by atoms with van der Waals surface area (Å²) in [5, 5.41) is 8.82. The number of aromatic nitrogens is 2. The quantitative estimate of drug-likeness (QED) is 0.937. The number of halogens is 2. The minimum atomic E-state index is -0.976. The molecule has 1 aromatic carbocycles. The van der Waals surface area contributed by atoms with E-state index in [1.54, 1.807) is 13.8 Å². The Morgan fingerprint density at radius 1 is 1.15 bits per heavy atom. The van der Waals surface area contributed by atoms with Gasteiger partial charge in [0, 0.05) is 22.5 Å². The van der Waals surface area contributed by atoms with Crippen LogP contribution in [-0.2, 0) is 11.2 Å². The third-order valence-corrected chi connectivity index (χ3v) is 2.93. The van der Waals surface area contributed by atoms with E-state index < -0.39 is 17.6 Å². The first kappa shape index (κ1) is 14.0. The molecule has 0 amide bonds. The molecule has 4 nitrogen and oxygen atoms in total. The average molecular weight is 278 g/mol. The zero-order valence-corrected chi connectivity index (χ0v) is 10.9. The van der Waals surface area contributed by atoms with E-state index >= 15 is 0 Å². The highest BCUT2D eigenvalue weighted by Crippen LogP contribution is 2.21. The largest absolute Gasteiger partial charge is 0.481 e. The van der Waals surface area contributed by atoms with Crippen LogP contribution >= 0.6 is 0 Å². The van der Waals surface area contributed by atoms with Crippen molar-refractivity contribution in [2.24, 2.45) is 0 Å². The molecule has 0 aliphatic heterocycles. The molecule has 2 aromatic rings. The van der Waals surface area contributed by atoms with Gasteiger partial charge in [0.1, 0.15) is 0 Å². The second-order valence-corrected chi connectivity index (χ2v) is 4.40. The number of carbonyl (C=O) groups is 1. The first-order chi connectivity index (χ1) is 9.38. The second-order valence-electron chi connectivity index (χ2n) is 4.40. The van der Waals surface area contributed by atoms with Crippen LogP contribution < -0.4 is 0 Å². The van der Waals surface area contributed by atoms with Crippen LogP contribution in [0.5, 0.6) is 0 Å². The highest BCUT2D eigenvalue weighted by atomic mass is 19.2. The van der Waals surface area contributed by atoms with E-state index in [1.165, 1.54) is 6.07 Å². The number of carboxylic acid groups (broad SMARTS) is 1. The SMILES string of the molecule is Cc1nc(-c2ccc(F)c(F)c2)nc(C)c1CC(=O)O. The lowest BCUT2D eigenvalue weighted by Gasteiger charge is -2.09. The van der Waals surface area contributed by atoms with Crippen molar-refractivity contribution in [3.8, 4) is 11.4 Å². The summed E-state index contributed by atoms with van der Waals surface area (Å²) in [4.78, 5) is 19.1. The summed E-state index contributed by atoms with van der Waals surface area (Å²) >= 11 is 0. The lowest BCUT2D eigenvalue weighted by molar-refractivity contribution is -0.136. The van der Waals surface area contributed by atoms with Crippen molar-refractivity contribution in [2.45, 2.75) is 20.3 Å². The molecular formula is C14H12F2N2O2. The monoisotopic (exact) mass is 278 g/mol. The summed E-state index contributed by atoms with van der Waals surface area (Å²) in [6.07, 6.45) is -0.171. The molecular weight excluding hydrogens is 266 g/mol. The molecule has 0 atom stereocenters. The molecule has 0 fully saturated rings. The van der Waals surface area contributed by atoms with Gasteiger partial charge >= 0.3 is 5.97 Å². The van der Waals surface area contributed by atoms with E-state index in [4.69, 9.17) is 5.11 Å². The summed E-state index contributed by atoms with van der Waals surface area (Å²) in [5.41, 5.74) is 1.90. The number of aryl methyl sites for hydroxylation is 2. The van der Waals surface area contributed by atoms with Crippen molar-refractivity contribution < 1.29 is 18.7 Å². The second kappa shape index (κ2) is 5.32. The van der Waals surface area contributed by atoms with Gasteiger partial charge in [0.2, 0.25) is 0 Å². The molecule has 0 saturated heterocycles. The third kappa shape index (κ3) is 2.79. The van der Waals surface area contributed by atoms with Gasteiger partial charge in [0.15, 0.2) is 17.5 Å². The van der Waals surface area contributed by atoms with Gasteiger partial charge in [-0.15, -0.1) is 0 Å². The molecule has 0 radical (unpaired) electrons. The van der Waals surface area contributed by atoms with Crippen LogP contribution in [0, 0.1) is 25.5 Å². The molecule has 104 valence electrons. The van der Waals surface area contributed by atoms with Crippen molar-refractivity contribution in [2.75, 3.05) is 0 Å². The Kier molecular flexibility index (Phi) is 3.74. The number of benzene rings is 1. The van der Waals surface area contributed by atoms with E-state index in [0.29, 0.717) is 22.5 Å².